The number of rotatable bonds is 5. The first-order chi connectivity index (χ1) is 30.7. The predicted molar refractivity (Wildman–Crippen MR) is 244 cm³/mol. The zero-order chi connectivity index (χ0) is 40.8. The summed E-state index contributed by atoms with van der Waals surface area (Å²) in [6.45, 7) is 0. The van der Waals surface area contributed by atoms with Crippen LogP contribution >= 0.6 is 0 Å². The van der Waals surface area contributed by atoms with Gasteiger partial charge < -0.3 is 13.7 Å². The van der Waals surface area contributed by atoms with E-state index in [0.29, 0.717) is 22.9 Å². The van der Waals surface area contributed by atoms with Gasteiger partial charge in [0.05, 0.1) is 29.2 Å². The van der Waals surface area contributed by atoms with Crippen molar-refractivity contribution in [2.24, 2.45) is 0 Å². The number of pyridine rings is 2. The Labute approximate surface area is 356 Å². The van der Waals surface area contributed by atoms with E-state index in [0.717, 1.165) is 50.1 Å². The second-order valence-electron chi connectivity index (χ2n) is 15.9. The standard InChI is InChI=1S/C55H33N5O2/c1-2-10-40(11-3-1)60-49-16-8-6-14-44(49)55(45-15-7-9-17-50(45)60)43-13-5-4-12-41(43)42-23-22-36(31-46(42)55)34-18-20-35(21-19-34)37-28-38(53-58-47-24-26-56-32-51(47)61-53)30-39(29-37)54-59-48-25-27-57-33-52(48)62-54/h1-33H. The van der Waals surface area contributed by atoms with E-state index in [1.807, 2.05) is 18.2 Å². The van der Waals surface area contributed by atoms with Gasteiger partial charge in [-0.2, -0.15) is 0 Å². The molecule has 11 aromatic rings. The SMILES string of the molecule is c1ccc(N2c3ccccc3C3(c4ccccc4-c4ccc(-c5ccc(-c6cc(-c7nc8ccncc8o7)cc(-c7nc8ccncc8o7)c6)cc5)cc43)c3ccccc32)cc1. The van der Waals surface area contributed by atoms with Crippen LogP contribution in [0.5, 0.6) is 0 Å². The highest BCUT2D eigenvalue weighted by atomic mass is 16.4. The molecule has 0 saturated heterocycles. The molecule has 5 heterocycles. The van der Waals surface area contributed by atoms with Crippen molar-refractivity contribution in [2.75, 3.05) is 4.90 Å². The van der Waals surface area contributed by atoms with E-state index in [4.69, 9.17) is 18.8 Å². The third kappa shape index (κ3) is 5.05. The Hall–Kier alpha value is -8.42. The third-order valence-corrected chi connectivity index (χ3v) is 12.5. The van der Waals surface area contributed by atoms with Crippen molar-refractivity contribution < 1.29 is 8.83 Å². The number of hydrogen-bond donors (Lipinski definition) is 0. The molecule has 4 aromatic heterocycles. The number of hydrogen-bond acceptors (Lipinski definition) is 7. The number of fused-ring (bicyclic) bond motifs is 11. The lowest BCUT2D eigenvalue weighted by Crippen LogP contribution is -2.36. The Morgan fingerprint density at radius 3 is 1.50 bits per heavy atom. The number of benzene rings is 7. The van der Waals surface area contributed by atoms with Crippen LogP contribution in [-0.4, -0.2) is 19.9 Å². The maximum atomic E-state index is 6.21. The van der Waals surface area contributed by atoms with Crippen LogP contribution in [0.25, 0.3) is 78.5 Å². The number of anilines is 3. The summed E-state index contributed by atoms with van der Waals surface area (Å²) in [6.07, 6.45) is 6.81. The molecular formula is C55H33N5O2. The third-order valence-electron chi connectivity index (χ3n) is 12.5. The lowest BCUT2D eigenvalue weighted by Gasteiger charge is -2.45. The van der Waals surface area contributed by atoms with Gasteiger partial charge in [-0.15, -0.1) is 0 Å². The van der Waals surface area contributed by atoms with Gasteiger partial charge in [-0.25, -0.2) is 9.97 Å². The second-order valence-corrected chi connectivity index (χ2v) is 15.9. The highest BCUT2D eigenvalue weighted by molar-refractivity contribution is 5.96. The molecule has 0 atom stereocenters. The molecular weight excluding hydrogens is 763 g/mol. The maximum Gasteiger partial charge on any atom is 0.227 e. The molecule has 7 heteroatoms. The molecule has 1 aliphatic heterocycles. The van der Waals surface area contributed by atoms with Gasteiger partial charge in [-0.1, -0.05) is 115 Å². The molecule has 62 heavy (non-hydrogen) atoms. The molecule has 1 aliphatic carbocycles. The van der Waals surface area contributed by atoms with Gasteiger partial charge in [0.25, 0.3) is 0 Å². The van der Waals surface area contributed by atoms with Crippen LogP contribution in [0.3, 0.4) is 0 Å². The molecule has 0 N–H and O–H groups in total. The molecule has 2 aliphatic rings. The lowest BCUT2D eigenvalue weighted by molar-refractivity contribution is 0.616. The summed E-state index contributed by atoms with van der Waals surface area (Å²) < 4.78 is 12.4. The Morgan fingerprint density at radius 2 is 0.887 bits per heavy atom. The van der Waals surface area contributed by atoms with Gasteiger partial charge in [-0.05, 0) is 116 Å². The summed E-state index contributed by atoms with van der Waals surface area (Å²) in [5.41, 5.74) is 19.2. The minimum atomic E-state index is -0.529. The minimum Gasteiger partial charge on any atom is -0.434 e. The molecule has 7 nitrogen and oxygen atoms in total. The molecule has 1 spiro atoms. The van der Waals surface area contributed by atoms with Crippen LogP contribution in [0.4, 0.5) is 17.1 Å². The van der Waals surface area contributed by atoms with Gasteiger partial charge in [0.2, 0.25) is 11.8 Å². The van der Waals surface area contributed by atoms with Crippen molar-refractivity contribution in [3.63, 3.8) is 0 Å². The van der Waals surface area contributed by atoms with Crippen LogP contribution < -0.4 is 4.90 Å². The summed E-state index contributed by atoms with van der Waals surface area (Å²) in [4.78, 5) is 20.5. The Kier molecular flexibility index (Phi) is 7.39. The van der Waals surface area contributed by atoms with Crippen molar-refractivity contribution in [1.29, 1.82) is 0 Å². The Morgan fingerprint density at radius 1 is 0.387 bits per heavy atom. The molecule has 0 fully saturated rings. The number of nitrogens with zero attached hydrogens (tertiary/aromatic N) is 5. The van der Waals surface area contributed by atoms with Crippen molar-refractivity contribution in [3.05, 3.63) is 223 Å². The zero-order valence-electron chi connectivity index (χ0n) is 33.1. The van der Waals surface area contributed by atoms with Crippen LogP contribution in [0.1, 0.15) is 22.3 Å². The molecule has 0 saturated carbocycles. The zero-order valence-corrected chi connectivity index (χ0v) is 33.1. The van der Waals surface area contributed by atoms with E-state index in [1.165, 1.54) is 44.8 Å². The van der Waals surface area contributed by atoms with Crippen LogP contribution in [0, 0.1) is 0 Å². The van der Waals surface area contributed by atoms with Gasteiger partial charge in [0.1, 0.15) is 11.0 Å². The van der Waals surface area contributed by atoms with Gasteiger partial charge in [0.15, 0.2) is 11.2 Å². The summed E-state index contributed by atoms with van der Waals surface area (Å²) in [6, 6.07) is 63.3. The quantitative estimate of drug-likeness (QED) is 0.172. The van der Waals surface area contributed by atoms with E-state index < -0.39 is 5.41 Å². The first-order valence-corrected chi connectivity index (χ1v) is 20.7. The number of aromatic nitrogens is 4. The summed E-state index contributed by atoms with van der Waals surface area (Å²) in [7, 11) is 0. The van der Waals surface area contributed by atoms with E-state index >= 15 is 0 Å². The van der Waals surface area contributed by atoms with E-state index in [-0.39, 0.29) is 0 Å². The topological polar surface area (TPSA) is 81.1 Å². The van der Waals surface area contributed by atoms with Crippen molar-refractivity contribution in [2.45, 2.75) is 5.41 Å². The molecule has 13 rings (SSSR count). The first-order valence-electron chi connectivity index (χ1n) is 20.7. The molecule has 290 valence electrons. The summed E-state index contributed by atoms with van der Waals surface area (Å²) in [5.74, 6) is 0.993. The molecule has 0 amide bonds. The summed E-state index contributed by atoms with van der Waals surface area (Å²) >= 11 is 0. The van der Waals surface area contributed by atoms with Gasteiger partial charge >= 0.3 is 0 Å². The van der Waals surface area contributed by atoms with Gasteiger partial charge in [0, 0.05) is 29.2 Å². The smallest absolute Gasteiger partial charge is 0.227 e. The fourth-order valence-corrected chi connectivity index (χ4v) is 9.84. The number of para-hydroxylation sites is 3. The van der Waals surface area contributed by atoms with E-state index in [9.17, 15) is 0 Å². The number of oxazole rings is 2. The largest absolute Gasteiger partial charge is 0.434 e. The Balaban J connectivity index is 0.952. The van der Waals surface area contributed by atoms with Gasteiger partial charge in [-0.3, -0.25) is 9.97 Å². The van der Waals surface area contributed by atoms with Crippen LogP contribution in [0.2, 0.25) is 0 Å². The fraction of sp³-hybridized carbons (Fsp3) is 0.0182. The molecule has 0 unspecified atom stereocenters. The van der Waals surface area contributed by atoms with E-state index in [1.54, 1.807) is 24.8 Å². The summed E-state index contributed by atoms with van der Waals surface area (Å²) in [5, 5.41) is 0. The minimum absolute atomic E-state index is 0.497. The highest BCUT2D eigenvalue weighted by Crippen LogP contribution is 2.63. The van der Waals surface area contributed by atoms with Crippen LogP contribution in [0.15, 0.2) is 210 Å². The molecule has 7 aromatic carbocycles. The molecule has 0 radical (unpaired) electrons. The van der Waals surface area contributed by atoms with Crippen LogP contribution in [-0.2, 0) is 5.41 Å². The second kappa shape index (κ2) is 13.3. The predicted octanol–water partition coefficient (Wildman–Crippen LogP) is 13.6. The van der Waals surface area contributed by atoms with Crippen molar-refractivity contribution in [3.8, 4) is 56.3 Å². The van der Waals surface area contributed by atoms with E-state index in [2.05, 4.69) is 173 Å². The normalized spacial score (nSPS) is 13.3. The van der Waals surface area contributed by atoms with Crippen molar-refractivity contribution in [1.82, 2.24) is 19.9 Å². The molecule has 0 bridgehead atoms. The fourth-order valence-electron chi connectivity index (χ4n) is 9.84. The lowest BCUT2D eigenvalue weighted by atomic mass is 9.64. The van der Waals surface area contributed by atoms with Crippen molar-refractivity contribution >= 4 is 39.3 Å². The average Bonchev–Trinajstić information content (AvgIpc) is 4.06. The first kappa shape index (κ1) is 34.4. The maximum absolute atomic E-state index is 6.21. The average molecular weight is 796 g/mol. The highest BCUT2D eigenvalue weighted by Gasteiger charge is 2.51. The monoisotopic (exact) mass is 795 g/mol. The Bertz CT molecular complexity index is 3350.